The number of hydrogen-bond donors (Lipinski definition) is 0. The molecule has 2 heterocycles. The van der Waals surface area contributed by atoms with Crippen LogP contribution < -0.4 is 4.74 Å². The van der Waals surface area contributed by atoms with E-state index in [1.807, 2.05) is 28.0 Å². The number of morpholine rings is 1. The van der Waals surface area contributed by atoms with Crippen LogP contribution in [0, 0.1) is 11.2 Å². The SMILES string of the molecule is O=C(C[C@]1(COc2ccc(Cl)cc2)CCCN(C(=O)C2(c3cccc(F)c3)CCCC2)C1)N1CCOCC1. The third kappa shape index (κ3) is 5.84. The molecule has 0 bridgehead atoms. The predicted octanol–water partition coefficient (Wildman–Crippen LogP) is 5.23. The molecule has 8 heteroatoms. The number of halogens is 2. The molecule has 1 aliphatic carbocycles. The quantitative estimate of drug-likeness (QED) is 0.481. The first-order chi connectivity index (χ1) is 18.4. The second-order valence-electron chi connectivity index (χ2n) is 11.0. The third-order valence-electron chi connectivity index (χ3n) is 8.44. The van der Waals surface area contributed by atoms with Gasteiger partial charge in [0.15, 0.2) is 0 Å². The molecule has 0 radical (unpaired) electrons. The molecule has 3 aliphatic rings. The fourth-order valence-electron chi connectivity index (χ4n) is 6.40. The maximum absolute atomic E-state index is 14.3. The second kappa shape index (κ2) is 11.6. The van der Waals surface area contributed by atoms with E-state index in [0.717, 1.165) is 31.2 Å². The van der Waals surface area contributed by atoms with Crippen LogP contribution in [-0.2, 0) is 19.7 Å². The van der Waals surface area contributed by atoms with Gasteiger partial charge in [0.05, 0.1) is 25.2 Å². The Morgan fingerprint density at radius 2 is 1.68 bits per heavy atom. The molecule has 2 aromatic carbocycles. The van der Waals surface area contributed by atoms with E-state index >= 15 is 0 Å². The van der Waals surface area contributed by atoms with Crippen molar-refractivity contribution in [1.29, 1.82) is 0 Å². The lowest BCUT2D eigenvalue weighted by molar-refractivity contribution is -0.146. The molecule has 2 aromatic rings. The molecule has 5 rings (SSSR count). The molecule has 6 nitrogen and oxygen atoms in total. The summed E-state index contributed by atoms with van der Waals surface area (Å²) in [5.41, 5.74) is -0.473. The topological polar surface area (TPSA) is 59.1 Å². The van der Waals surface area contributed by atoms with Gasteiger partial charge >= 0.3 is 0 Å². The van der Waals surface area contributed by atoms with Gasteiger partial charge in [-0.05, 0) is 67.6 Å². The summed E-state index contributed by atoms with van der Waals surface area (Å²) in [6.07, 6.45) is 5.18. The van der Waals surface area contributed by atoms with Crippen LogP contribution >= 0.6 is 11.6 Å². The van der Waals surface area contributed by atoms with E-state index in [1.54, 1.807) is 18.2 Å². The van der Waals surface area contributed by atoms with Crippen molar-refractivity contribution >= 4 is 23.4 Å². The van der Waals surface area contributed by atoms with E-state index in [1.165, 1.54) is 12.1 Å². The van der Waals surface area contributed by atoms with Crippen molar-refractivity contribution in [2.24, 2.45) is 5.41 Å². The third-order valence-corrected chi connectivity index (χ3v) is 8.69. The van der Waals surface area contributed by atoms with Crippen LogP contribution in [0.5, 0.6) is 5.75 Å². The molecule has 204 valence electrons. The summed E-state index contributed by atoms with van der Waals surface area (Å²) in [6.45, 7) is 3.64. The van der Waals surface area contributed by atoms with Crippen LogP contribution in [-0.4, -0.2) is 67.6 Å². The number of ether oxygens (including phenoxy) is 2. The van der Waals surface area contributed by atoms with Gasteiger partial charge in [0.25, 0.3) is 0 Å². The van der Waals surface area contributed by atoms with Crippen LogP contribution in [0.1, 0.15) is 50.5 Å². The Morgan fingerprint density at radius 1 is 0.947 bits per heavy atom. The minimum Gasteiger partial charge on any atom is -0.493 e. The summed E-state index contributed by atoms with van der Waals surface area (Å²) in [4.78, 5) is 31.5. The minimum atomic E-state index is -0.712. The number of carbonyl (C=O) groups excluding carboxylic acids is 2. The summed E-state index contributed by atoms with van der Waals surface area (Å²) >= 11 is 6.05. The first-order valence-electron chi connectivity index (χ1n) is 13.7. The van der Waals surface area contributed by atoms with Crippen LogP contribution in [0.15, 0.2) is 48.5 Å². The Morgan fingerprint density at radius 3 is 2.39 bits per heavy atom. The number of amides is 2. The van der Waals surface area contributed by atoms with Gasteiger partial charge in [-0.25, -0.2) is 4.39 Å². The molecule has 0 spiro atoms. The van der Waals surface area contributed by atoms with E-state index in [9.17, 15) is 14.0 Å². The highest BCUT2D eigenvalue weighted by atomic mass is 35.5. The number of piperidine rings is 1. The van der Waals surface area contributed by atoms with Gasteiger partial charge in [-0.2, -0.15) is 0 Å². The van der Waals surface area contributed by atoms with Gasteiger partial charge < -0.3 is 19.3 Å². The van der Waals surface area contributed by atoms with E-state index in [-0.39, 0.29) is 17.6 Å². The largest absolute Gasteiger partial charge is 0.493 e. The van der Waals surface area contributed by atoms with Gasteiger partial charge in [-0.1, -0.05) is 36.6 Å². The highest BCUT2D eigenvalue weighted by Gasteiger charge is 2.48. The second-order valence-corrected chi connectivity index (χ2v) is 11.5. The Labute approximate surface area is 229 Å². The normalized spacial score (nSPS) is 23.3. The van der Waals surface area contributed by atoms with E-state index in [4.69, 9.17) is 21.1 Å². The van der Waals surface area contributed by atoms with Crippen LogP contribution in [0.3, 0.4) is 0 Å². The fourth-order valence-corrected chi connectivity index (χ4v) is 6.53. The Kier molecular flexibility index (Phi) is 8.24. The van der Waals surface area contributed by atoms with Crippen molar-refractivity contribution in [1.82, 2.24) is 9.80 Å². The molecule has 0 unspecified atom stereocenters. The molecule has 0 aromatic heterocycles. The molecule has 3 fully saturated rings. The average molecular weight is 543 g/mol. The summed E-state index contributed by atoms with van der Waals surface area (Å²) in [6, 6.07) is 13.7. The Balaban J connectivity index is 1.39. The molecule has 2 amide bonds. The van der Waals surface area contributed by atoms with Gasteiger partial charge in [0, 0.05) is 43.0 Å². The molecule has 1 atom stereocenters. The van der Waals surface area contributed by atoms with Gasteiger partial charge in [-0.3, -0.25) is 9.59 Å². The van der Waals surface area contributed by atoms with Crippen molar-refractivity contribution in [3.8, 4) is 5.75 Å². The zero-order chi connectivity index (χ0) is 26.6. The predicted molar refractivity (Wildman–Crippen MR) is 144 cm³/mol. The zero-order valence-corrected chi connectivity index (χ0v) is 22.6. The number of rotatable bonds is 7. The maximum Gasteiger partial charge on any atom is 0.233 e. The van der Waals surface area contributed by atoms with Crippen LogP contribution in [0.2, 0.25) is 5.02 Å². The molecule has 2 aliphatic heterocycles. The van der Waals surface area contributed by atoms with Crippen LogP contribution in [0.25, 0.3) is 0 Å². The smallest absolute Gasteiger partial charge is 0.233 e. The van der Waals surface area contributed by atoms with Crippen LogP contribution in [0.4, 0.5) is 4.39 Å². The maximum atomic E-state index is 14.3. The molecular weight excluding hydrogens is 507 g/mol. The molecule has 1 saturated carbocycles. The average Bonchev–Trinajstić information content (AvgIpc) is 3.44. The Hall–Kier alpha value is -2.64. The van der Waals surface area contributed by atoms with E-state index < -0.39 is 10.8 Å². The van der Waals surface area contributed by atoms with Crippen molar-refractivity contribution in [2.75, 3.05) is 46.0 Å². The summed E-state index contributed by atoms with van der Waals surface area (Å²) in [5.74, 6) is 0.489. The lowest BCUT2D eigenvalue weighted by Crippen LogP contribution is -2.55. The lowest BCUT2D eigenvalue weighted by atomic mass is 9.74. The number of nitrogens with zero attached hydrogens (tertiary/aromatic N) is 2. The number of hydrogen-bond acceptors (Lipinski definition) is 4. The molecule has 38 heavy (non-hydrogen) atoms. The first kappa shape index (κ1) is 26.9. The van der Waals surface area contributed by atoms with E-state index in [0.29, 0.717) is 76.0 Å². The highest BCUT2D eigenvalue weighted by Crippen LogP contribution is 2.45. The van der Waals surface area contributed by atoms with Crippen molar-refractivity contribution in [3.63, 3.8) is 0 Å². The first-order valence-corrected chi connectivity index (χ1v) is 14.1. The standard InChI is InChI=1S/C30H36ClFN2O4/c31-24-7-9-26(10-8-24)38-22-29(20-27(35)33-15-17-37-18-16-33)11-4-14-34(21-29)28(36)30(12-1-2-13-30)23-5-3-6-25(32)19-23/h3,5-10,19H,1-2,4,11-18,20-22H2/t29-/m1/s1. The van der Waals surface area contributed by atoms with Crippen molar-refractivity contribution in [2.45, 2.75) is 50.4 Å². The minimum absolute atomic E-state index is 0.0509. The zero-order valence-electron chi connectivity index (χ0n) is 21.8. The highest BCUT2D eigenvalue weighted by molar-refractivity contribution is 6.30. The van der Waals surface area contributed by atoms with Gasteiger partial charge in [0.1, 0.15) is 11.6 Å². The van der Waals surface area contributed by atoms with Crippen molar-refractivity contribution < 1.29 is 23.5 Å². The fraction of sp³-hybridized carbons (Fsp3) is 0.533. The monoisotopic (exact) mass is 542 g/mol. The lowest BCUT2D eigenvalue weighted by Gasteiger charge is -2.46. The molecular formula is C30H36ClFN2O4. The molecule has 2 saturated heterocycles. The van der Waals surface area contributed by atoms with E-state index in [2.05, 4.69) is 0 Å². The van der Waals surface area contributed by atoms with Crippen molar-refractivity contribution in [3.05, 3.63) is 64.9 Å². The molecule has 0 N–H and O–H groups in total. The summed E-state index contributed by atoms with van der Waals surface area (Å²) in [5, 5.41) is 0.628. The summed E-state index contributed by atoms with van der Waals surface area (Å²) in [7, 11) is 0. The number of carbonyl (C=O) groups is 2. The van der Waals surface area contributed by atoms with Gasteiger partial charge in [0.2, 0.25) is 11.8 Å². The van der Waals surface area contributed by atoms with Gasteiger partial charge in [-0.15, -0.1) is 0 Å². The number of likely N-dealkylation sites (tertiary alicyclic amines) is 1. The Bertz CT molecular complexity index is 1130. The number of benzene rings is 2. The summed E-state index contributed by atoms with van der Waals surface area (Å²) < 4.78 is 25.9.